The third kappa shape index (κ3) is 3.63. The van der Waals surface area contributed by atoms with Crippen molar-refractivity contribution >= 4 is 29.8 Å². The Morgan fingerprint density at radius 3 is 2.30 bits per heavy atom. The van der Waals surface area contributed by atoms with Crippen molar-refractivity contribution in [1.29, 1.82) is 0 Å². The van der Waals surface area contributed by atoms with E-state index in [4.69, 9.17) is 4.74 Å². The molecule has 1 aliphatic rings. The van der Waals surface area contributed by atoms with Crippen molar-refractivity contribution < 1.29 is 23.9 Å². The first-order chi connectivity index (χ1) is 10.8. The van der Waals surface area contributed by atoms with Crippen LogP contribution in [-0.4, -0.2) is 34.6 Å². The lowest BCUT2D eigenvalue weighted by Crippen LogP contribution is -2.56. The summed E-state index contributed by atoms with van der Waals surface area (Å²) in [5, 5.41) is 2.50. The van der Waals surface area contributed by atoms with Crippen LogP contribution in [0.4, 0.5) is 0 Å². The molecule has 1 heterocycles. The maximum absolute atomic E-state index is 12.1. The Morgan fingerprint density at radius 2 is 1.78 bits per heavy atom. The first-order valence-corrected chi connectivity index (χ1v) is 6.95. The fourth-order valence-electron chi connectivity index (χ4n) is 2.16. The molecule has 3 amide bonds. The van der Waals surface area contributed by atoms with Crippen LogP contribution in [0.3, 0.4) is 0 Å². The lowest BCUT2D eigenvalue weighted by Gasteiger charge is -2.30. The van der Waals surface area contributed by atoms with Crippen LogP contribution in [-0.2, 0) is 19.2 Å². The molecule has 7 heteroatoms. The molecular weight excluding hydrogens is 300 g/mol. The average Bonchev–Trinajstić information content (AvgIpc) is 2.46. The van der Waals surface area contributed by atoms with Crippen LogP contribution in [0.25, 0.3) is 6.08 Å². The van der Waals surface area contributed by atoms with E-state index in [1.54, 1.807) is 24.3 Å². The van der Waals surface area contributed by atoms with Crippen LogP contribution in [0.5, 0.6) is 5.75 Å². The highest BCUT2D eigenvalue weighted by molar-refractivity contribution is 6.13. The summed E-state index contributed by atoms with van der Waals surface area (Å²) < 4.78 is 4.91. The number of nitrogens with one attached hydrogen (secondary N) is 1. The van der Waals surface area contributed by atoms with Crippen molar-refractivity contribution in [2.75, 3.05) is 0 Å². The number of hydrogen-bond donors (Lipinski definition) is 1. The maximum Gasteiger partial charge on any atom is 0.308 e. The molecule has 0 radical (unpaired) electrons. The van der Waals surface area contributed by atoms with E-state index in [9.17, 15) is 19.2 Å². The van der Waals surface area contributed by atoms with E-state index >= 15 is 0 Å². The highest BCUT2D eigenvalue weighted by atomic mass is 16.5. The minimum Gasteiger partial charge on any atom is -0.427 e. The highest BCUT2D eigenvalue weighted by Crippen LogP contribution is 2.19. The van der Waals surface area contributed by atoms with E-state index in [-0.39, 0.29) is 5.70 Å². The Balaban J connectivity index is 2.35. The SMILES string of the molecule is CC(=O)Oc1ccc(C=C2C(=O)NC(C)C(=O)N2C(C)=O)cc1. The number of carbonyl (C=O) groups excluding carboxylic acids is 4. The second-order valence-electron chi connectivity index (χ2n) is 5.08. The normalized spacial score (nSPS) is 19.5. The van der Waals surface area contributed by atoms with E-state index in [0.717, 1.165) is 4.90 Å². The molecule has 1 aliphatic heterocycles. The molecule has 0 saturated carbocycles. The van der Waals surface area contributed by atoms with Crippen LogP contribution in [0.2, 0.25) is 0 Å². The summed E-state index contributed by atoms with van der Waals surface area (Å²) in [5.41, 5.74) is 0.542. The van der Waals surface area contributed by atoms with E-state index in [2.05, 4.69) is 5.32 Å². The summed E-state index contributed by atoms with van der Waals surface area (Å²) in [4.78, 5) is 47.6. The summed E-state index contributed by atoms with van der Waals surface area (Å²) in [6.07, 6.45) is 1.43. The van der Waals surface area contributed by atoms with Gasteiger partial charge in [0.2, 0.25) is 5.91 Å². The molecule has 1 aromatic carbocycles. The molecule has 120 valence electrons. The van der Waals surface area contributed by atoms with Gasteiger partial charge in [-0.3, -0.25) is 19.2 Å². The topological polar surface area (TPSA) is 92.8 Å². The second kappa shape index (κ2) is 6.43. The van der Waals surface area contributed by atoms with Crippen molar-refractivity contribution in [1.82, 2.24) is 10.2 Å². The molecule has 7 nitrogen and oxygen atoms in total. The molecule has 1 saturated heterocycles. The Morgan fingerprint density at radius 1 is 1.17 bits per heavy atom. The van der Waals surface area contributed by atoms with Gasteiger partial charge in [0, 0.05) is 13.8 Å². The lowest BCUT2D eigenvalue weighted by molar-refractivity contribution is -0.148. The molecule has 23 heavy (non-hydrogen) atoms. The van der Waals surface area contributed by atoms with Gasteiger partial charge in [-0.15, -0.1) is 0 Å². The zero-order valence-corrected chi connectivity index (χ0v) is 13.0. The summed E-state index contributed by atoms with van der Waals surface area (Å²) in [5.74, 6) is -1.60. The number of rotatable bonds is 2. The Kier molecular flexibility index (Phi) is 4.59. The number of hydrogen-bond acceptors (Lipinski definition) is 5. The zero-order valence-electron chi connectivity index (χ0n) is 13.0. The maximum atomic E-state index is 12.1. The van der Waals surface area contributed by atoms with Gasteiger partial charge < -0.3 is 10.1 Å². The van der Waals surface area contributed by atoms with Gasteiger partial charge in [0.1, 0.15) is 17.5 Å². The van der Waals surface area contributed by atoms with Crippen molar-refractivity contribution in [3.8, 4) is 5.75 Å². The van der Waals surface area contributed by atoms with Gasteiger partial charge in [-0.05, 0) is 30.7 Å². The standard InChI is InChI=1S/C16H16N2O5/c1-9-16(22)18(10(2)19)14(15(21)17-9)8-12-4-6-13(7-5-12)23-11(3)20/h4-9H,1-3H3,(H,17,21). The summed E-state index contributed by atoms with van der Waals surface area (Å²) in [6, 6.07) is 5.57. The quantitative estimate of drug-likeness (QED) is 0.496. The van der Waals surface area contributed by atoms with Gasteiger partial charge in [-0.2, -0.15) is 0 Å². The molecule has 0 aromatic heterocycles. The first-order valence-electron chi connectivity index (χ1n) is 6.95. The predicted molar refractivity (Wildman–Crippen MR) is 80.9 cm³/mol. The van der Waals surface area contributed by atoms with Gasteiger partial charge in [-0.1, -0.05) is 12.1 Å². The van der Waals surface area contributed by atoms with Gasteiger partial charge in [0.05, 0.1) is 0 Å². The summed E-state index contributed by atoms with van der Waals surface area (Å²) in [6.45, 7) is 4.03. The molecule has 0 bridgehead atoms. The largest absolute Gasteiger partial charge is 0.427 e. The smallest absolute Gasteiger partial charge is 0.308 e. The highest BCUT2D eigenvalue weighted by Gasteiger charge is 2.36. The average molecular weight is 316 g/mol. The monoisotopic (exact) mass is 316 g/mol. The van der Waals surface area contributed by atoms with Crippen molar-refractivity contribution in [3.63, 3.8) is 0 Å². The zero-order chi connectivity index (χ0) is 17.1. The fraction of sp³-hybridized carbons (Fsp3) is 0.250. The number of benzene rings is 1. The van der Waals surface area contributed by atoms with E-state index in [1.807, 2.05) is 0 Å². The number of imide groups is 1. The van der Waals surface area contributed by atoms with Gasteiger partial charge in [0.15, 0.2) is 0 Å². The fourth-order valence-corrected chi connectivity index (χ4v) is 2.16. The third-order valence-electron chi connectivity index (χ3n) is 3.17. The third-order valence-corrected chi connectivity index (χ3v) is 3.17. The number of piperazine rings is 1. The van der Waals surface area contributed by atoms with E-state index in [1.165, 1.54) is 26.8 Å². The number of nitrogens with zero attached hydrogens (tertiary/aromatic N) is 1. The van der Waals surface area contributed by atoms with Gasteiger partial charge in [0.25, 0.3) is 11.8 Å². The molecule has 1 fully saturated rings. The lowest BCUT2D eigenvalue weighted by atomic mass is 10.1. The minimum atomic E-state index is -0.755. The van der Waals surface area contributed by atoms with Crippen LogP contribution >= 0.6 is 0 Å². The van der Waals surface area contributed by atoms with Crippen molar-refractivity contribution in [2.24, 2.45) is 0 Å². The van der Waals surface area contributed by atoms with Gasteiger partial charge in [-0.25, -0.2) is 4.90 Å². The molecule has 2 rings (SSSR count). The van der Waals surface area contributed by atoms with Gasteiger partial charge >= 0.3 is 5.97 Å². The number of ether oxygens (including phenoxy) is 1. The van der Waals surface area contributed by atoms with Crippen molar-refractivity contribution in [2.45, 2.75) is 26.8 Å². The van der Waals surface area contributed by atoms with Crippen LogP contribution in [0.1, 0.15) is 26.3 Å². The van der Waals surface area contributed by atoms with Crippen LogP contribution in [0, 0.1) is 0 Å². The Labute approximate surface area is 132 Å². The molecule has 0 aliphatic carbocycles. The summed E-state index contributed by atoms with van der Waals surface area (Å²) >= 11 is 0. The second-order valence-corrected chi connectivity index (χ2v) is 5.08. The number of amides is 3. The van der Waals surface area contributed by atoms with E-state index in [0.29, 0.717) is 11.3 Å². The molecular formula is C16H16N2O5. The number of carbonyl (C=O) groups is 4. The molecule has 0 spiro atoms. The first kappa shape index (κ1) is 16.4. The molecule has 1 aromatic rings. The van der Waals surface area contributed by atoms with Crippen LogP contribution < -0.4 is 10.1 Å². The Bertz CT molecular complexity index is 706. The van der Waals surface area contributed by atoms with E-state index < -0.39 is 29.7 Å². The molecule has 1 unspecified atom stereocenters. The predicted octanol–water partition coefficient (Wildman–Crippen LogP) is 0.846. The molecule has 1 atom stereocenters. The Hall–Kier alpha value is -2.96. The van der Waals surface area contributed by atoms with Crippen molar-refractivity contribution in [3.05, 3.63) is 35.5 Å². The minimum absolute atomic E-state index is 0.0409. The van der Waals surface area contributed by atoms with Crippen LogP contribution in [0.15, 0.2) is 30.0 Å². The number of esters is 1. The summed E-state index contributed by atoms with van der Waals surface area (Å²) in [7, 11) is 0. The molecule has 1 N–H and O–H groups in total.